The van der Waals surface area contributed by atoms with E-state index in [1.807, 2.05) is 56.0 Å². The highest BCUT2D eigenvalue weighted by Crippen LogP contribution is 2.32. The Kier molecular flexibility index (Phi) is 4.84. The minimum atomic E-state index is 0.296. The molecular weight excluding hydrogens is 324 g/mol. The molecule has 1 unspecified atom stereocenters. The molecule has 0 spiro atoms. The lowest BCUT2D eigenvalue weighted by Crippen LogP contribution is -2.24. The first-order chi connectivity index (χ1) is 12.8. The van der Waals surface area contributed by atoms with E-state index in [2.05, 4.69) is 30.2 Å². The molecule has 0 amide bonds. The van der Waals surface area contributed by atoms with Crippen LogP contribution in [0.3, 0.4) is 0 Å². The van der Waals surface area contributed by atoms with Crippen LogP contribution in [-0.4, -0.2) is 38.4 Å². The van der Waals surface area contributed by atoms with E-state index in [9.17, 15) is 0 Å². The van der Waals surface area contributed by atoms with Gasteiger partial charge in [-0.1, -0.05) is 30.3 Å². The Labute approximate surface area is 153 Å². The van der Waals surface area contributed by atoms with E-state index in [1.165, 1.54) is 6.42 Å². The molecule has 1 fully saturated rings. The Morgan fingerprint density at radius 1 is 1.08 bits per heavy atom. The van der Waals surface area contributed by atoms with Crippen LogP contribution in [0, 0.1) is 0 Å². The number of hydrogen-bond donors (Lipinski definition) is 1. The molecule has 3 heterocycles. The summed E-state index contributed by atoms with van der Waals surface area (Å²) in [6.07, 6.45) is 9.75. The SMILES string of the molecule is CNc1cncc(C2CCCN2Cc2cnc(-c3ccccc3)nc2)n1. The summed E-state index contributed by atoms with van der Waals surface area (Å²) in [5.74, 6) is 1.57. The Morgan fingerprint density at radius 2 is 1.88 bits per heavy atom. The van der Waals surface area contributed by atoms with Crippen molar-refractivity contribution in [1.29, 1.82) is 0 Å². The molecule has 1 saturated heterocycles. The van der Waals surface area contributed by atoms with Crippen LogP contribution in [0.1, 0.15) is 30.1 Å². The zero-order valence-electron chi connectivity index (χ0n) is 14.8. The smallest absolute Gasteiger partial charge is 0.159 e. The maximum atomic E-state index is 4.67. The predicted molar refractivity (Wildman–Crippen MR) is 101 cm³/mol. The molecule has 0 saturated carbocycles. The summed E-state index contributed by atoms with van der Waals surface area (Å²) in [6.45, 7) is 1.88. The minimum absolute atomic E-state index is 0.296. The van der Waals surface area contributed by atoms with Gasteiger partial charge in [-0.15, -0.1) is 0 Å². The molecule has 1 aromatic carbocycles. The highest BCUT2D eigenvalue weighted by atomic mass is 15.2. The van der Waals surface area contributed by atoms with Crippen LogP contribution < -0.4 is 5.32 Å². The second kappa shape index (κ2) is 7.58. The molecule has 3 aromatic rings. The van der Waals surface area contributed by atoms with Crippen LogP contribution in [0.5, 0.6) is 0 Å². The summed E-state index contributed by atoms with van der Waals surface area (Å²) in [6, 6.07) is 10.4. The summed E-state index contributed by atoms with van der Waals surface area (Å²) in [4.78, 5) is 20.5. The molecule has 26 heavy (non-hydrogen) atoms. The number of aromatic nitrogens is 4. The molecule has 0 radical (unpaired) electrons. The monoisotopic (exact) mass is 346 g/mol. The summed E-state index contributed by atoms with van der Waals surface area (Å²) >= 11 is 0. The summed E-state index contributed by atoms with van der Waals surface area (Å²) < 4.78 is 0. The van der Waals surface area contributed by atoms with Gasteiger partial charge in [-0.05, 0) is 19.4 Å². The number of nitrogens with zero attached hydrogens (tertiary/aromatic N) is 5. The molecule has 4 rings (SSSR count). The molecule has 2 aromatic heterocycles. The molecule has 1 N–H and O–H groups in total. The van der Waals surface area contributed by atoms with E-state index in [0.29, 0.717) is 6.04 Å². The van der Waals surface area contributed by atoms with Crippen molar-refractivity contribution in [3.8, 4) is 11.4 Å². The lowest BCUT2D eigenvalue weighted by molar-refractivity contribution is 0.243. The number of hydrogen-bond acceptors (Lipinski definition) is 6. The fourth-order valence-corrected chi connectivity index (χ4v) is 3.42. The Morgan fingerprint density at radius 3 is 2.65 bits per heavy atom. The second-order valence-electron chi connectivity index (χ2n) is 6.49. The molecule has 1 aliphatic heterocycles. The summed E-state index contributed by atoms with van der Waals surface area (Å²) in [5, 5.41) is 3.07. The van der Waals surface area contributed by atoms with Crippen LogP contribution in [0.2, 0.25) is 0 Å². The number of rotatable bonds is 5. The van der Waals surface area contributed by atoms with Gasteiger partial charge in [-0.25, -0.2) is 15.0 Å². The lowest BCUT2D eigenvalue weighted by atomic mass is 10.1. The quantitative estimate of drug-likeness (QED) is 0.764. The van der Waals surface area contributed by atoms with Gasteiger partial charge in [-0.2, -0.15) is 0 Å². The third kappa shape index (κ3) is 3.55. The van der Waals surface area contributed by atoms with Crippen LogP contribution in [0.25, 0.3) is 11.4 Å². The Balaban J connectivity index is 1.49. The van der Waals surface area contributed by atoms with Crippen LogP contribution in [0.4, 0.5) is 5.82 Å². The fraction of sp³-hybridized carbons (Fsp3) is 0.300. The van der Waals surface area contributed by atoms with E-state index in [-0.39, 0.29) is 0 Å². The zero-order chi connectivity index (χ0) is 17.8. The van der Waals surface area contributed by atoms with Crippen LogP contribution in [0.15, 0.2) is 55.1 Å². The molecule has 1 atom stereocenters. The topological polar surface area (TPSA) is 66.8 Å². The average Bonchev–Trinajstić information content (AvgIpc) is 3.17. The molecule has 6 nitrogen and oxygen atoms in total. The number of nitrogens with one attached hydrogen (secondary N) is 1. The van der Waals surface area contributed by atoms with Crippen LogP contribution >= 0.6 is 0 Å². The van der Waals surface area contributed by atoms with E-state index in [0.717, 1.165) is 48.0 Å². The van der Waals surface area contributed by atoms with Gasteiger partial charge in [0.1, 0.15) is 5.82 Å². The van der Waals surface area contributed by atoms with E-state index >= 15 is 0 Å². The summed E-state index contributed by atoms with van der Waals surface area (Å²) in [5.41, 5.74) is 3.18. The predicted octanol–water partition coefficient (Wildman–Crippen LogP) is 3.31. The second-order valence-corrected chi connectivity index (χ2v) is 6.49. The minimum Gasteiger partial charge on any atom is -0.372 e. The van der Waals surface area contributed by atoms with Gasteiger partial charge in [0.15, 0.2) is 5.82 Å². The highest BCUT2D eigenvalue weighted by Gasteiger charge is 2.27. The molecule has 132 valence electrons. The van der Waals surface area contributed by atoms with Gasteiger partial charge in [0, 0.05) is 37.1 Å². The molecular formula is C20H22N6. The third-order valence-corrected chi connectivity index (χ3v) is 4.74. The van der Waals surface area contributed by atoms with Gasteiger partial charge in [0.2, 0.25) is 0 Å². The molecule has 0 aliphatic carbocycles. The van der Waals surface area contributed by atoms with Crippen molar-refractivity contribution < 1.29 is 0 Å². The van der Waals surface area contributed by atoms with Crippen molar-refractivity contribution >= 4 is 5.82 Å². The van der Waals surface area contributed by atoms with Crippen molar-refractivity contribution in [2.75, 3.05) is 18.9 Å². The average molecular weight is 346 g/mol. The Bertz CT molecular complexity index is 850. The van der Waals surface area contributed by atoms with E-state index in [4.69, 9.17) is 0 Å². The van der Waals surface area contributed by atoms with Gasteiger partial charge < -0.3 is 5.32 Å². The van der Waals surface area contributed by atoms with Crippen LogP contribution in [-0.2, 0) is 6.54 Å². The molecule has 0 bridgehead atoms. The maximum Gasteiger partial charge on any atom is 0.159 e. The third-order valence-electron chi connectivity index (χ3n) is 4.74. The molecule has 6 heteroatoms. The summed E-state index contributed by atoms with van der Waals surface area (Å²) in [7, 11) is 1.87. The fourth-order valence-electron chi connectivity index (χ4n) is 3.42. The normalized spacial score (nSPS) is 17.3. The van der Waals surface area contributed by atoms with Gasteiger partial charge in [-0.3, -0.25) is 9.88 Å². The number of benzene rings is 1. The first kappa shape index (κ1) is 16.6. The van der Waals surface area contributed by atoms with E-state index in [1.54, 1.807) is 6.20 Å². The van der Waals surface area contributed by atoms with Crippen molar-refractivity contribution in [1.82, 2.24) is 24.8 Å². The number of anilines is 1. The standard InChI is InChI=1S/C20H22N6/c1-21-19-13-22-12-17(25-19)18-8-5-9-26(18)14-15-10-23-20(24-11-15)16-6-3-2-4-7-16/h2-4,6-7,10-13,18H,5,8-9,14H2,1H3,(H,21,25). The van der Waals surface area contributed by atoms with Gasteiger partial charge in [0.25, 0.3) is 0 Å². The van der Waals surface area contributed by atoms with Crippen molar-refractivity contribution in [2.45, 2.75) is 25.4 Å². The lowest BCUT2D eigenvalue weighted by Gasteiger charge is -2.23. The number of likely N-dealkylation sites (tertiary alicyclic amines) is 1. The van der Waals surface area contributed by atoms with Gasteiger partial charge >= 0.3 is 0 Å². The largest absolute Gasteiger partial charge is 0.372 e. The van der Waals surface area contributed by atoms with Crippen molar-refractivity contribution in [3.63, 3.8) is 0 Å². The maximum absolute atomic E-state index is 4.67. The molecule has 1 aliphatic rings. The highest BCUT2D eigenvalue weighted by molar-refractivity contribution is 5.53. The first-order valence-corrected chi connectivity index (χ1v) is 8.93. The Hall–Kier alpha value is -2.86. The van der Waals surface area contributed by atoms with Crippen molar-refractivity contribution in [3.05, 3.63) is 66.4 Å². The first-order valence-electron chi connectivity index (χ1n) is 8.93. The zero-order valence-corrected chi connectivity index (χ0v) is 14.8. The van der Waals surface area contributed by atoms with Gasteiger partial charge in [0.05, 0.1) is 24.1 Å². The van der Waals surface area contributed by atoms with E-state index < -0.39 is 0 Å². The van der Waals surface area contributed by atoms with Crippen molar-refractivity contribution in [2.24, 2.45) is 0 Å².